The van der Waals surface area contributed by atoms with Crippen molar-refractivity contribution in [2.45, 2.75) is 25.7 Å². The number of amides is 1. The highest BCUT2D eigenvalue weighted by Gasteiger charge is 2.54. The number of carbonyl (C=O) groups is 1. The zero-order valence-electron chi connectivity index (χ0n) is 14.4. The van der Waals surface area contributed by atoms with Gasteiger partial charge in [-0.25, -0.2) is 5.43 Å². The molecule has 1 aromatic carbocycles. The van der Waals surface area contributed by atoms with E-state index in [1.165, 1.54) is 25.7 Å². The van der Waals surface area contributed by atoms with Crippen molar-refractivity contribution in [2.24, 2.45) is 22.9 Å². The highest BCUT2D eigenvalue weighted by molar-refractivity contribution is 5.86. The van der Waals surface area contributed by atoms with Crippen LogP contribution in [0.3, 0.4) is 0 Å². The number of rotatable bonds is 6. The van der Waals surface area contributed by atoms with Crippen LogP contribution in [0.25, 0.3) is 0 Å². The van der Waals surface area contributed by atoms with Crippen LogP contribution in [0.1, 0.15) is 31.2 Å². The smallest absolute Gasteiger partial charge is 0.243 e. The number of hydrogen-bond donors (Lipinski definition) is 1. The van der Waals surface area contributed by atoms with E-state index < -0.39 is 0 Å². The van der Waals surface area contributed by atoms with Gasteiger partial charge in [-0.1, -0.05) is 12.8 Å². The van der Waals surface area contributed by atoms with Crippen molar-refractivity contribution in [3.05, 3.63) is 17.7 Å². The lowest BCUT2D eigenvalue weighted by Gasteiger charge is -2.12. The van der Waals surface area contributed by atoms with Gasteiger partial charge < -0.3 is 14.2 Å². The molecule has 0 heterocycles. The number of hydrogen-bond acceptors (Lipinski definition) is 5. The molecule has 0 saturated heterocycles. The summed E-state index contributed by atoms with van der Waals surface area (Å²) in [5.74, 6) is 2.99. The Morgan fingerprint density at radius 1 is 1.08 bits per heavy atom. The van der Waals surface area contributed by atoms with Crippen molar-refractivity contribution in [1.82, 2.24) is 5.43 Å². The minimum atomic E-state index is 0.0376. The molecule has 6 nitrogen and oxygen atoms in total. The average Bonchev–Trinajstić information content (AvgIpc) is 3.35. The molecule has 2 fully saturated rings. The van der Waals surface area contributed by atoms with Crippen molar-refractivity contribution >= 4 is 12.1 Å². The maximum atomic E-state index is 12.2. The molecule has 1 amide bonds. The molecule has 130 valence electrons. The maximum absolute atomic E-state index is 12.2. The fourth-order valence-electron chi connectivity index (χ4n) is 3.80. The first kappa shape index (κ1) is 16.6. The molecular formula is C18H24N2O4. The zero-order valence-corrected chi connectivity index (χ0v) is 14.4. The van der Waals surface area contributed by atoms with E-state index in [2.05, 4.69) is 10.5 Å². The quantitative estimate of drug-likeness (QED) is 0.642. The van der Waals surface area contributed by atoms with Gasteiger partial charge >= 0.3 is 0 Å². The van der Waals surface area contributed by atoms with Crippen LogP contribution in [0.4, 0.5) is 0 Å². The van der Waals surface area contributed by atoms with Gasteiger partial charge in [-0.15, -0.1) is 0 Å². The second kappa shape index (κ2) is 7.11. The van der Waals surface area contributed by atoms with Crippen molar-refractivity contribution in [2.75, 3.05) is 21.3 Å². The Morgan fingerprint density at radius 2 is 1.67 bits per heavy atom. The van der Waals surface area contributed by atoms with Gasteiger partial charge in [0.1, 0.15) is 0 Å². The van der Waals surface area contributed by atoms with Gasteiger partial charge in [0.05, 0.1) is 27.5 Å². The molecule has 6 heteroatoms. The van der Waals surface area contributed by atoms with Gasteiger partial charge in [0, 0.05) is 11.5 Å². The molecule has 24 heavy (non-hydrogen) atoms. The summed E-state index contributed by atoms with van der Waals surface area (Å²) in [6.07, 6.45) is 6.45. The number of hydrazone groups is 1. The molecule has 0 unspecified atom stereocenters. The summed E-state index contributed by atoms with van der Waals surface area (Å²) in [4.78, 5) is 12.2. The number of nitrogens with one attached hydrogen (secondary N) is 1. The first-order valence-corrected chi connectivity index (χ1v) is 8.32. The van der Waals surface area contributed by atoms with E-state index in [0.29, 0.717) is 29.1 Å². The van der Waals surface area contributed by atoms with E-state index in [9.17, 15) is 4.79 Å². The Hall–Kier alpha value is -2.24. The fraction of sp³-hybridized carbons (Fsp3) is 0.556. The third kappa shape index (κ3) is 3.18. The summed E-state index contributed by atoms with van der Waals surface area (Å²) in [6, 6.07) is 3.57. The Kier molecular flexibility index (Phi) is 4.92. The number of methoxy groups -OCH3 is 3. The van der Waals surface area contributed by atoms with Gasteiger partial charge in [0.2, 0.25) is 11.7 Å². The minimum absolute atomic E-state index is 0.0376. The summed E-state index contributed by atoms with van der Waals surface area (Å²) in [5, 5.41) is 4.09. The number of carbonyl (C=O) groups excluding carboxylic acids is 1. The number of benzene rings is 1. The average molecular weight is 332 g/mol. The summed E-state index contributed by atoms with van der Waals surface area (Å²) in [6.45, 7) is 0. The number of ether oxygens (including phenoxy) is 3. The van der Waals surface area contributed by atoms with Gasteiger partial charge in [-0.3, -0.25) is 4.79 Å². The largest absolute Gasteiger partial charge is 0.493 e. The molecule has 3 rings (SSSR count). The highest BCUT2D eigenvalue weighted by atomic mass is 16.5. The molecule has 0 bridgehead atoms. The molecule has 0 aromatic heterocycles. The van der Waals surface area contributed by atoms with Crippen LogP contribution in [0.15, 0.2) is 17.2 Å². The van der Waals surface area contributed by atoms with E-state index >= 15 is 0 Å². The van der Waals surface area contributed by atoms with Crippen molar-refractivity contribution < 1.29 is 19.0 Å². The van der Waals surface area contributed by atoms with Crippen LogP contribution in [0, 0.1) is 17.8 Å². The second-order valence-electron chi connectivity index (χ2n) is 6.33. The monoisotopic (exact) mass is 332 g/mol. The summed E-state index contributed by atoms with van der Waals surface area (Å²) in [7, 11) is 4.69. The molecule has 2 atom stereocenters. The second-order valence-corrected chi connectivity index (χ2v) is 6.33. The van der Waals surface area contributed by atoms with Crippen molar-refractivity contribution in [3.63, 3.8) is 0 Å². The van der Waals surface area contributed by atoms with Crippen molar-refractivity contribution in [1.29, 1.82) is 0 Å². The Bertz CT molecular complexity index is 607. The van der Waals surface area contributed by atoms with Gasteiger partial charge in [-0.05, 0) is 36.8 Å². The molecule has 1 N–H and O–H groups in total. The normalized spacial score (nSPS) is 25.0. The SMILES string of the molecule is COc1cc(/C=N\NC(=O)C2[C@@H]3CCCC[C@@H]23)cc(OC)c1OC. The fourth-order valence-corrected chi connectivity index (χ4v) is 3.80. The lowest BCUT2D eigenvalue weighted by molar-refractivity contribution is -0.122. The molecular weight excluding hydrogens is 308 g/mol. The first-order valence-electron chi connectivity index (χ1n) is 8.32. The van der Waals surface area contributed by atoms with Gasteiger partial charge in [0.25, 0.3) is 0 Å². The van der Waals surface area contributed by atoms with Crippen molar-refractivity contribution in [3.8, 4) is 17.2 Å². The number of fused-ring (bicyclic) bond motifs is 1. The van der Waals surface area contributed by atoms with E-state index in [-0.39, 0.29) is 11.8 Å². The Labute approximate surface area is 142 Å². The molecule has 0 aliphatic heterocycles. The molecule has 2 aliphatic rings. The van der Waals surface area contributed by atoms with Crippen LogP contribution >= 0.6 is 0 Å². The summed E-state index contributed by atoms with van der Waals surface area (Å²) >= 11 is 0. The predicted molar refractivity (Wildman–Crippen MR) is 90.8 cm³/mol. The lowest BCUT2D eigenvalue weighted by atomic mass is 10.0. The zero-order chi connectivity index (χ0) is 17.1. The maximum Gasteiger partial charge on any atom is 0.243 e. The molecule has 2 saturated carbocycles. The van der Waals surface area contributed by atoms with Crippen LogP contribution in [0.2, 0.25) is 0 Å². The molecule has 1 aromatic rings. The standard InChI is InChI=1S/C18H24N2O4/c1-22-14-8-11(9-15(23-2)17(14)24-3)10-19-20-18(21)16-12-6-4-5-7-13(12)16/h8-10,12-13,16H,4-7H2,1-3H3,(H,20,21)/b19-10-/t12-,13-/m1/s1. The van der Waals surface area contributed by atoms with Crippen LogP contribution < -0.4 is 19.6 Å². The third-order valence-corrected chi connectivity index (χ3v) is 5.03. The topological polar surface area (TPSA) is 69.2 Å². The molecule has 0 radical (unpaired) electrons. The molecule has 0 spiro atoms. The Morgan fingerprint density at radius 3 is 2.17 bits per heavy atom. The minimum Gasteiger partial charge on any atom is -0.493 e. The van der Waals surface area contributed by atoms with E-state index in [4.69, 9.17) is 14.2 Å². The third-order valence-electron chi connectivity index (χ3n) is 5.03. The predicted octanol–water partition coefficient (Wildman–Crippen LogP) is 2.60. The van der Waals surface area contributed by atoms with Crippen LogP contribution in [0.5, 0.6) is 17.2 Å². The van der Waals surface area contributed by atoms with Crippen LogP contribution in [-0.4, -0.2) is 33.5 Å². The summed E-state index contributed by atoms with van der Waals surface area (Å²) < 4.78 is 15.9. The lowest BCUT2D eigenvalue weighted by Crippen LogP contribution is -2.20. The van der Waals surface area contributed by atoms with E-state index in [1.807, 2.05) is 0 Å². The van der Waals surface area contributed by atoms with E-state index in [1.54, 1.807) is 39.7 Å². The first-order chi connectivity index (χ1) is 11.7. The van der Waals surface area contributed by atoms with Gasteiger partial charge in [-0.2, -0.15) is 5.10 Å². The number of nitrogens with zero attached hydrogens (tertiary/aromatic N) is 1. The Balaban J connectivity index is 1.65. The highest BCUT2D eigenvalue weighted by Crippen LogP contribution is 2.55. The van der Waals surface area contributed by atoms with Gasteiger partial charge in [0.15, 0.2) is 11.5 Å². The molecule has 2 aliphatic carbocycles. The van der Waals surface area contributed by atoms with Crippen LogP contribution in [-0.2, 0) is 4.79 Å². The van der Waals surface area contributed by atoms with E-state index in [0.717, 1.165) is 5.56 Å². The summed E-state index contributed by atoms with van der Waals surface area (Å²) in [5.41, 5.74) is 3.43.